The second-order valence-corrected chi connectivity index (χ2v) is 6.48. The Morgan fingerprint density at radius 1 is 1.00 bits per heavy atom. The van der Waals surface area contributed by atoms with Crippen molar-refractivity contribution in [1.29, 1.82) is 0 Å². The van der Waals surface area contributed by atoms with Gasteiger partial charge < -0.3 is 14.4 Å². The quantitative estimate of drug-likeness (QED) is 0.668. The SMILES string of the molecule is COC(=O)CN(CC(=O)OC)C(=O)CC(C)CC(C)(C)C. The highest BCUT2D eigenvalue weighted by Crippen LogP contribution is 2.26. The van der Waals surface area contributed by atoms with Crippen molar-refractivity contribution >= 4 is 17.8 Å². The Balaban J connectivity index is 4.70. The van der Waals surface area contributed by atoms with Crippen molar-refractivity contribution in [3.8, 4) is 0 Å². The van der Waals surface area contributed by atoms with Gasteiger partial charge in [0.1, 0.15) is 13.1 Å². The summed E-state index contributed by atoms with van der Waals surface area (Å²) in [6.45, 7) is 7.81. The molecule has 0 saturated heterocycles. The Hall–Kier alpha value is -1.59. The molecule has 1 atom stereocenters. The fraction of sp³-hybridized carbons (Fsp3) is 0.800. The molecule has 1 amide bonds. The first-order chi connectivity index (χ1) is 9.58. The van der Waals surface area contributed by atoms with Crippen LogP contribution in [0, 0.1) is 11.3 Å². The predicted molar refractivity (Wildman–Crippen MR) is 78.5 cm³/mol. The normalized spacial score (nSPS) is 12.5. The molecule has 0 aromatic carbocycles. The number of nitrogens with zero attached hydrogens (tertiary/aromatic N) is 1. The van der Waals surface area contributed by atoms with Crippen molar-refractivity contribution in [1.82, 2.24) is 4.90 Å². The van der Waals surface area contributed by atoms with Crippen LogP contribution in [0.25, 0.3) is 0 Å². The lowest BCUT2D eigenvalue weighted by Gasteiger charge is -2.25. The Morgan fingerprint density at radius 2 is 1.43 bits per heavy atom. The molecule has 0 aliphatic heterocycles. The third-order valence-corrected chi connectivity index (χ3v) is 2.93. The minimum atomic E-state index is -0.560. The maximum atomic E-state index is 12.3. The topological polar surface area (TPSA) is 72.9 Å². The van der Waals surface area contributed by atoms with E-state index in [0.717, 1.165) is 6.42 Å². The molecule has 0 spiro atoms. The van der Waals surface area contributed by atoms with Crippen molar-refractivity contribution in [3.05, 3.63) is 0 Å². The van der Waals surface area contributed by atoms with Gasteiger partial charge in [-0.15, -0.1) is 0 Å². The first kappa shape index (κ1) is 19.4. The van der Waals surface area contributed by atoms with E-state index in [-0.39, 0.29) is 36.8 Å². The summed E-state index contributed by atoms with van der Waals surface area (Å²) in [6, 6.07) is 0. The predicted octanol–water partition coefficient (Wildman–Crippen LogP) is 1.62. The minimum Gasteiger partial charge on any atom is -0.468 e. The molecule has 21 heavy (non-hydrogen) atoms. The largest absolute Gasteiger partial charge is 0.468 e. The number of hydrogen-bond acceptors (Lipinski definition) is 5. The van der Waals surface area contributed by atoms with Crippen LogP contribution in [0.2, 0.25) is 0 Å². The van der Waals surface area contributed by atoms with Crippen molar-refractivity contribution in [2.45, 2.75) is 40.5 Å². The molecule has 6 heteroatoms. The monoisotopic (exact) mass is 301 g/mol. The second kappa shape index (κ2) is 8.64. The van der Waals surface area contributed by atoms with Crippen LogP contribution >= 0.6 is 0 Å². The summed E-state index contributed by atoms with van der Waals surface area (Å²) in [5.74, 6) is -1.20. The molecule has 0 radical (unpaired) electrons. The van der Waals surface area contributed by atoms with Gasteiger partial charge in [0.15, 0.2) is 0 Å². The van der Waals surface area contributed by atoms with Crippen molar-refractivity contribution in [3.63, 3.8) is 0 Å². The number of rotatable bonds is 7. The summed E-state index contributed by atoms with van der Waals surface area (Å²) in [5, 5.41) is 0. The lowest BCUT2D eigenvalue weighted by Crippen LogP contribution is -2.40. The summed E-state index contributed by atoms with van der Waals surface area (Å²) in [4.78, 5) is 36.1. The molecule has 0 aromatic heterocycles. The summed E-state index contributed by atoms with van der Waals surface area (Å²) in [6.07, 6.45) is 1.16. The smallest absolute Gasteiger partial charge is 0.325 e. The molecule has 0 aromatic rings. The highest BCUT2D eigenvalue weighted by Gasteiger charge is 2.24. The van der Waals surface area contributed by atoms with Crippen LogP contribution < -0.4 is 0 Å². The zero-order valence-electron chi connectivity index (χ0n) is 13.9. The molecular formula is C15H27NO5. The molecule has 0 aliphatic carbocycles. The summed E-state index contributed by atoms with van der Waals surface area (Å²) < 4.78 is 9.09. The van der Waals surface area contributed by atoms with E-state index >= 15 is 0 Å². The standard InChI is InChI=1S/C15H27NO5/c1-11(8-15(2,3)4)7-12(17)16(9-13(18)20-5)10-14(19)21-6/h11H,7-10H2,1-6H3. The van der Waals surface area contributed by atoms with Crippen LogP contribution in [0.4, 0.5) is 0 Å². The summed E-state index contributed by atoms with van der Waals surface area (Å²) >= 11 is 0. The zero-order chi connectivity index (χ0) is 16.6. The number of methoxy groups -OCH3 is 2. The molecule has 0 aliphatic rings. The third-order valence-electron chi connectivity index (χ3n) is 2.93. The van der Waals surface area contributed by atoms with Gasteiger partial charge in [-0.05, 0) is 17.8 Å². The van der Waals surface area contributed by atoms with Gasteiger partial charge in [0.05, 0.1) is 14.2 Å². The lowest BCUT2D eigenvalue weighted by atomic mass is 9.84. The van der Waals surface area contributed by atoms with Crippen LogP contribution in [0.1, 0.15) is 40.5 Å². The number of ether oxygens (including phenoxy) is 2. The molecule has 0 saturated carbocycles. The van der Waals surface area contributed by atoms with Crippen LogP contribution in [0.3, 0.4) is 0 Å². The maximum absolute atomic E-state index is 12.3. The molecule has 6 nitrogen and oxygen atoms in total. The van der Waals surface area contributed by atoms with E-state index in [1.165, 1.54) is 19.1 Å². The molecule has 0 heterocycles. The Bertz CT molecular complexity index is 355. The summed E-state index contributed by atoms with van der Waals surface area (Å²) in [5.41, 5.74) is 0.120. The van der Waals surface area contributed by atoms with Crippen LogP contribution in [0.5, 0.6) is 0 Å². The molecule has 1 unspecified atom stereocenters. The Kier molecular flexibility index (Phi) is 7.99. The van der Waals surface area contributed by atoms with Gasteiger partial charge in [-0.25, -0.2) is 0 Å². The van der Waals surface area contributed by atoms with Crippen LogP contribution in [-0.2, 0) is 23.9 Å². The molecule has 0 fully saturated rings. The van der Waals surface area contributed by atoms with Gasteiger partial charge in [0, 0.05) is 6.42 Å². The van der Waals surface area contributed by atoms with E-state index < -0.39 is 11.9 Å². The number of esters is 2. The third kappa shape index (κ3) is 9.05. The van der Waals surface area contributed by atoms with Gasteiger partial charge in [0.2, 0.25) is 5.91 Å². The van der Waals surface area contributed by atoms with Gasteiger partial charge in [-0.3, -0.25) is 14.4 Å². The van der Waals surface area contributed by atoms with E-state index in [4.69, 9.17) is 0 Å². The first-order valence-corrected chi connectivity index (χ1v) is 7.00. The number of hydrogen-bond donors (Lipinski definition) is 0. The highest BCUT2D eigenvalue weighted by molar-refractivity contribution is 5.86. The van der Waals surface area contributed by atoms with Crippen molar-refractivity contribution in [2.24, 2.45) is 11.3 Å². The van der Waals surface area contributed by atoms with E-state index in [1.54, 1.807) is 0 Å². The minimum absolute atomic E-state index is 0.120. The lowest BCUT2D eigenvalue weighted by molar-refractivity contribution is -0.152. The van der Waals surface area contributed by atoms with Gasteiger partial charge in [-0.1, -0.05) is 27.7 Å². The molecule has 0 rings (SSSR count). The van der Waals surface area contributed by atoms with Gasteiger partial charge in [-0.2, -0.15) is 0 Å². The number of carbonyl (C=O) groups is 3. The Morgan fingerprint density at radius 3 is 1.76 bits per heavy atom. The molecule has 0 N–H and O–H groups in total. The van der Waals surface area contributed by atoms with Gasteiger partial charge >= 0.3 is 11.9 Å². The van der Waals surface area contributed by atoms with Gasteiger partial charge in [0.25, 0.3) is 0 Å². The average molecular weight is 301 g/mol. The average Bonchev–Trinajstić information content (AvgIpc) is 2.34. The van der Waals surface area contributed by atoms with Crippen molar-refractivity contribution in [2.75, 3.05) is 27.3 Å². The zero-order valence-corrected chi connectivity index (χ0v) is 13.9. The summed E-state index contributed by atoms with van der Waals surface area (Å²) in [7, 11) is 2.48. The molecular weight excluding hydrogens is 274 g/mol. The Labute approximate surface area is 126 Å². The van der Waals surface area contributed by atoms with E-state index in [1.807, 2.05) is 6.92 Å². The van der Waals surface area contributed by atoms with Crippen LogP contribution in [-0.4, -0.2) is 50.1 Å². The van der Waals surface area contributed by atoms with E-state index in [2.05, 4.69) is 30.2 Å². The number of amides is 1. The highest BCUT2D eigenvalue weighted by atomic mass is 16.5. The van der Waals surface area contributed by atoms with Crippen LogP contribution in [0.15, 0.2) is 0 Å². The fourth-order valence-electron chi connectivity index (χ4n) is 2.22. The first-order valence-electron chi connectivity index (χ1n) is 7.00. The maximum Gasteiger partial charge on any atom is 0.325 e. The van der Waals surface area contributed by atoms with E-state index in [9.17, 15) is 14.4 Å². The number of carbonyl (C=O) groups excluding carboxylic acids is 3. The molecule has 0 bridgehead atoms. The van der Waals surface area contributed by atoms with Crippen molar-refractivity contribution < 1.29 is 23.9 Å². The molecule has 122 valence electrons. The second-order valence-electron chi connectivity index (χ2n) is 6.48. The van der Waals surface area contributed by atoms with E-state index in [0.29, 0.717) is 0 Å². The fourth-order valence-corrected chi connectivity index (χ4v) is 2.22.